The molecule has 1 rings (SSSR count). The Balaban J connectivity index is 3.15. The first-order chi connectivity index (χ1) is 6.43. The van der Waals surface area contributed by atoms with E-state index in [2.05, 4.69) is 0 Å². The molecule has 0 bridgehead atoms. The van der Waals surface area contributed by atoms with Crippen LogP contribution in [0, 0.1) is 10.1 Å². The number of nitrogens with zero attached hydrogens (tertiary/aromatic N) is 2. The van der Waals surface area contributed by atoms with Gasteiger partial charge in [0.2, 0.25) is 0 Å². The van der Waals surface area contributed by atoms with Gasteiger partial charge in [-0.3, -0.25) is 4.57 Å². The number of benzene rings is 1. The van der Waals surface area contributed by atoms with E-state index in [1.54, 1.807) is 18.2 Å². The minimum absolute atomic E-state index is 0.0887. The van der Waals surface area contributed by atoms with Gasteiger partial charge in [-0.15, -0.1) is 0 Å². The summed E-state index contributed by atoms with van der Waals surface area (Å²) in [6.07, 6.45) is 0. The highest BCUT2D eigenvalue weighted by atomic mass is 31.2. The van der Waals surface area contributed by atoms with E-state index in [1.807, 2.05) is 0 Å². The molecular formula is C6H9N4O3P. The topological polar surface area (TPSA) is 115 Å². The molecule has 0 fully saturated rings. The van der Waals surface area contributed by atoms with Crippen molar-refractivity contribution in [2.75, 3.05) is 4.78 Å². The van der Waals surface area contributed by atoms with E-state index in [1.165, 1.54) is 12.1 Å². The Morgan fingerprint density at radius 2 is 1.79 bits per heavy atom. The molecule has 4 N–H and O–H groups in total. The summed E-state index contributed by atoms with van der Waals surface area (Å²) in [5, 5.41) is 9.65. The minimum Gasteiger partial charge on any atom is -0.259 e. The van der Waals surface area contributed by atoms with Gasteiger partial charge in [-0.05, 0) is 16.9 Å². The predicted octanol–water partition coefficient (Wildman–Crippen LogP) is 0.710. The van der Waals surface area contributed by atoms with Gasteiger partial charge in [-0.1, -0.05) is 18.2 Å². The average molecular weight is 216 g/mol. The van der Waals surface area contributed by atoms with Crippen molar-refractivity contribution < 1.29 is 9.60 Å². The van der Waals surface area contributed by atoms with E-state index in [9.17, 15) is 14.7 Å². The van der Waals surface area contributed by atoms with Crippen LogP contribution in [-0.4, -0.2) is 5.03 Å². The Bertz CT molecular complexity index is 376. The van der Waals surface area contributed by atoms with Crippen LogP contribution in [0.15, 0.2) is 30.3 Å². The molecule has 0 aromatic heterocycles. The highest BCUT2D eigenvalue weighted by Crippen LogP contribution is 2.36. The molecule has 0 radical (unpaired) electrons. The summed E-state index contributed by atoms with van der Waals surface area (Å²) in [7, 11) is -3.92. The average Bonchev–Trinajstić information content (AvgIpc) is 2.02. The molecule has 0 unspecified atom stereocenters. The Labute approximate surface area is 80.0 Å². The highest BCUT2D eigenvalue weighted by molar-refractivity contribution is 7.60. The Kier molecular flexibility index (Phi) is 2.85. The first-order valence-corrected chi connectivity index (χ1v) is 5.40. The second-order valence-corrected chi connectivity index (χ2v) is 4.26. The molecule has 0 aliphatic rings. The number of hydrazine groups is 1. The van der Waals surface area contributed by atoms with Crippen molar-refractivity contribution in [3.8, 4) is 0 Å². The zero-order valence-electron chi connectivity index (χ0n) is 7.11. The maximum atomic E-state index is 11.2. The number of hydrogen-bond acceptors (Lipinski definition) is 3. The van der Waals surface area contributed by atoms with Gasteiger partial charge in [0.05, 0.1) is 0 Å². The summed E-state index contributed by atoms with van der Waals surface area (Å²) in [5.74, 6) is 0. The van der Waals surface area contributed by atoms with Gasteiger partial charge < -0.3 is 0 Å². The molecule has 0 aliphatic heterocycles. The van der Waals surface area contributed by atoms with E-state index in [0.29, 0.717) is 0 Å². The van der Waals surface area contributed by atoms with Crippen LogP contribution in [0.25, 0.3) is 0 Å². The van der Waals surface area contributed by atoms with Crippen LogP contribution < -0.4 is 15.8 Å². The van der Waals surface area contributed by atoms with Crippen molar-refractivity contribution >= 4 is 13.3 Å². The van der Waals surface area contributed by atoms with Crippen LogP contribution in [0.2, 0.25) is 0 Å². The lowest BCUT2D eigenvalue weighted by molar-refractivity contribution is -0.475. The molecule has 8 heteroatoms. The molecule has 14 heavy (non-hydrogen) atoms. The van der Waals surface area contributed by atoms with Crippen molar-refractivity contribution in [1.29, 1.82) is 0 Å². The number of nitro groups is 1. The molecule has 0 saturated carbocycles. The standard InChI is InChI=1S/C6H9N4O3P/c7-14(8,13)9(10(11)12)6-4-2-1-3-5-6/h1-5H,(H4,7,8,13). The molecule has 1 aromatic carbocycles. The van der Waals surface area contributed by atoms with Gasteiger partial charge in [-0.2, -0.15) is 0 Å². The monoisotopic (exact) mass is 216 g/mol. The van der Waals surface area contributed by atoms with Gasteiger partial charge in [0.15, 0.2) is 5.03 Å². The zero-order chi connectivity index (χ0) is 10.8. The lowest BCUT2D eigenvalue weighted by Crippen LogP contribution is -2.33. The molecule has 0 heterocycles. The molecule has 0 spiro atoms. The van der Waals surface area contributed by atoms with E-state index < -0.39 is 12.6 Å². The van der Waals surface area contributed by atoms with Crippen LogP contribution in [-0.2, 0) is 4.57 Å². The molecule has 0 saturated heterocycles. The fraction of sp³-hybridized carbons (Fsp3) is 0. The summed E-state index contributed by atoms with van der Waals surface area (Å²) in [4.78, 5) is 10.5. The third-order valence-electron chi connectivity index (χ3n) is 1.44. The number of hydrogen-bond donors (Lipinski definition) is 2. The first-order valence-electron chi connectivity index (χ1n) is 3.60. The molecule has 7 nitrogen and oxygen atoms in total. The summed E-state index contributed by atoms with van der Waals surface area (Å²) in [5.41, 5.74) is 10.1. The normalized spacial score (nSPS) is 11.0. The first kappa shape index (κ1) is 10.6. The van der Waals surface area contributed by atoms with Gasteiger partial charge in [0, 0.05) is 0 Å². The van der Waals surface area contributed by atoms with Crippen LogP contribution in [0.3, 0.4) is 0 Å². The van der Waals surface area contributed by atoms with E-state index >= 15 is 0 Å². The van der Waals surface area contributed by atoms with Crippen LogP contribution >= 0.6 is 7.59 Å². The third kappa shape index (κ3) is 2.29. The van der Waals surface area contributed by atoms with Crippen LogP contribution in [0.4, 0.5) is 5.69 Å². The smallest absolute Gasteiger partial charge is 0.259 e. The Morgan fingerprint density at radius 3 is 2.14 bits per heavy atom. The van der Waals surface area contributed by atoms with Gasteiger partial charge in [0.25, 0.3) is 0 Å². The van der Waals surface area contributed by atoms with Crippen molar-refractivity contribution in [3.05, 3.63) is 40.4 Å². The van der Waals surface area contributed by atoms with Crippen molar-refractivity contribution in [2.24, 2.45) is 11.0 Å². The summed E-state index contributed by atoms with van der Waals surface area (Å²) in [6, 6.07) is 7.58. The highest BCUT2D eigenvalue weighted by Gasteiger charge is 2.32. The quantitative estimate of drug-likeness (QED) is 0.436. The van der Waals surface area contributed by atoms with E-state index in [4.69, 9.17) is 11.0 Å². The third-order valence-corrected chi connectivity index (χ3v) is 2.41. The van der Waals surface area contributed by atoms with Crippen molar-refractivity contribution in [3.63, 3.8) is 0 Å². The molecule has 0 atom stereocenters. The molecule has 76 valence electrons. The van der Waals surface area contributed by atoms with Crippen molar-refractivity contribution in [1.82, 2.24) is 0 Å². The second-order valence-electron chi connectivity index (χ2n) is 2.54. The fourth-order valence-electron chi connectivity index (χ4n) is 0.950. The van der Waals surface area contributed by atoms with Gasteiger partial charge in [-0.25, -0.2) is 21.1 Å². The number of para-hydroxylation sites is 1. The number of anilines is 1. The van der Waals surface area contributed by atoms with Crippen LogP contribution in [0.5, 0.6) is 0 Å². The van der Waals surface area contributed by atoms with Crippen LogP contribution in [0.1, 0.15) is 0 Å². The zero-order valence-corrected chi connectivity index (χ0v) is 8.00. The van der Waals surface area contributed by atoms with Crippen molar-refractivity contribution in [2.45, 2.75) is 0 Å². The number of nitrogens with two attached hydrogens (primary N) is 2. The van der Waals surface area contributed by atoms with Gasteiger partial charge >= 0.3 is 7.59 Å². The summed E-state index contributed by atoms with van der Waals surface area (Å²) in [6.45, 7) is 0. The fourth-order valence-corrected chi connectivity index (χ4v) is 1.67. The SMILES string of the molecule is NP(N)(=O)N(c1ccccc1)[N+](=O)[O-]. The summed E-state index contributed by atoms with van der Waals surface area (Å²) < 4.78 is 11.5. The number of rotatable bonds is 3. The lowest BCUT2D eigenvalue weighted by Gasteiger charge is -2.16. The molecule has 1 aromatic rings. The minimum atomic E-state index is -3.92. The Morgan fingerprint density at radius 1 is 1.29 bits per heavy atom. The molecule has 0 aliphatic carbocycles. The maximum Gasteiger partial charge on any atom is 0.359 e. The lowest BCUT2D eigenvalue weighted by atomic mass is 10.3. The summed E-state index contributed by atoms with van der Waals surface area (Å²) >= 11 is 0. The molecule has 0 amide bonds. The molecular weight excluding hydrogens is 207 g/mol. The predicted molar refractivity (Wildman–Crippen MR) is 51.9 cm³/mol. The second kappa shape index (κ2) is 3.75. The largest absolute Gasteiger partial charge is 0.359 e. The Hall–Kier alpha value is -1.43. The maximum absolute atomic E-state index is 11.2. The van der Waals surface area contributed by atoms with Gasteiger partial charge in [0.1, 0.15) is 5.69 Å². The van der Waals surface area contributed by atoms with E-state index in [-0.39, 0.29) is 10.5 Å². The van der Waals surface area contributed by atoms with E-state index in [0.717, 1.165) is 0 Å².